The van der Waals surface area contributed by atoms with E-state index in [0.717, 1.165) is 4.90 Å². The summed E-state index contributed by atoms with van der Waals surface area (Å²) in [6, 6.07) is 5.95. The highest BCUT2D eigenvalue weighted by atomic mass is 35.5. The molecule has 1 aromatic carbocycles. The number of rotatable bonds is 5. The number of primary amides is 1. The Kier molecular flexibility index (Phi) is 6.17. The molecule has 0 bridgehead atoms. The van der Waals surface area contributed by atoms with E-state index in [-0.39, 0.29) is 5.75 Å². The van der Waals surface area contributed by atoms with Crippen molar-refractivity contribution in [2.24, 2.45) is 5.73 Å². The molecule has 0 aliphatic carbocycles. The topological polar surface area (TPSA) is 98.5 Å². The zero-order valence-corrected chi connectivity index (χ0v) is 11.3. The summed E-state index contributed by atoms with van der Waals surface area (Å²) in [6.45, 7) is -0.539. The number of hydrogen-bond donors (Lipinski definition) is 2. The summed E-state index contributed by atoms with van der Waals surface area (Å²) in [5.74, 6) is -1.29. The van der Waals surface area contributed by atoms with Gasteiger partial charge in [0.05, 0.1) is 5.75 Å². The number of esters is 1. The Morgan fingerprint density at radius 1 is 1.26 bits per heavy atom. The van der Waals surface area contributed by atoms with E-state index in [9.17, 15) is 14.4 Å². The van der Waals surface area contributed by atoms with Crippen molar-refractivity contribution in [2.75, 3.05) is 12.4 Å². The number of nitrogens with one attached hydrogen (secondary N) is 1. The summed E-state index contributed by atoms with van der Waals surface area (Å²) in [4.78, 5) is 33.4. The molecule has 0 spiro atoms. The highest BCUT2D eigenvalue weighted by Crippen LogP contribution is 2.20. The second-order valence-electron chi connectivity index (χ2n) is 3.32. The molecule has 0 saturated heterocycles. The largest absolute Gasteiger partial charge is 0.455 e. The van der Waals surface area contributed by atoms with Crippen LogP contribution in [0.3, 0.4) is 0 Å². The van der Waals surface area contributed by atoms with Gasteiger partial charge in [-0.2, -0.15) is 0 Å². The number of carbonyl (C=O) groups is 3. The third kappa shape index (κ3) is 6.68. The molecular weight excluding hydrogens is 292 g/mol. The average Bonchev–Trinajstić information content (AvgIpc) is 2.35. The molecule has 0 saturated carbocycles. The zero-order valence-electron chi connectivity index (χ0n) is 9.72. The van der Waals surface area contributed by atoms with E-state index >= 15 is 0 Å². The monoisotopic (exact) mass is 302 g/mol. The van der Waals surface area contributed by atoms with Crippen LogP contribution in [0.25, 0.3) is 0 Å². The molecule has 0 aliphatic rings. The molecule has 0 fully saturated rings. The molecule has 8 heteroatoms. The maximum Gasteiger partial charge on any atom is 0.318 e. The van der Waals surface area contributed by atoms with Crippen molar-refractivity contribution in [1.82, 2.24) is 5.32 Å². The number of amides is 3. The van der Waals surface area contributed by atoms with Crippen molar-refractivity contribution < 1.29 is 19.1 Å². The van der Waals surface area contributed by atoms with Crippen LogP contribution in [0.5, 0.6) is 0 Å². The maximum absolute atomic E-state index is 11.3. The summed E-state index contributed by atoms with van der Waals surface area (Å²) >= 11 is 6.96. The fourth-order valence-corrected chi connectivity index (χ4v) is 1.86. The normalized spacial score (nSPS) is 9.74. The van der Waals surface area contributed by atoms with Crippen LogP contribution < -0.4 is 11.1 Å². The zero-order chi connectivity index (χ0) is 14.3. The molecule has 0 aliphatic heterocycles. The Morgan fingerprint density at radius 2 is 1.89 bits per heavy atom. The highest BCUT2D eigenvalue weighted by Gasteiger charge is 2.09. The maximum atomic E-state index is 11.3. The van der Waals surface area contributed by atoms with Crippen LogP contribution in [0.15, 0.2) is 29.2 Å². The first-order valence-electron chi connectivity index (χ1n) is 5.10. The molecule has 3 N–H and O–H groups in total. The molecule has 0 heterocycles. The van der Waals surface area contributed by atoms with Crippen molar-refractivity contribution in [3.05, 3.63) is 29.3 Å². The van der Waals surface area contributed by atoms with E-state index in [1.807, 2.05) is 0 Å². The quantitative estimate of drug-likeness (QED) is 0.628. The molecule has 1 rings (SSSR count). The minimum Gasteiger partial charge on any atom is -0.455 e. The number of thioether (sulfide) groups is 1. The van der Waals surface area contributed by atoms with E-state index < -0.39 is 24.5 Å². The van der Waals surface area contributed by atoms with E-state index in [1.54, 1.807) is 29.6 Å². The number of ether oxygens (including phenoxy) is 1. The molecule has 0 atom stereocenters. The van der Waals surface area contributed by atoms with Gasteiger partial charge in [-0.25, -0.2) is 4.79 Å². The van der Waals surface area contributed by atoms with Gasteiger partial charge >= 0.3 is 12.0 Å². The van der Waals surface area contributed by atoms with Gasteiger partial charge in [0.1, 0.15) is 0 Å². The van der Waals surface area contributed by atoms with Crippen LogP contribution in [-0.4, -0.2) is 30.3 Å². The SMILES string of the molecule is NC(=O)NC(=O)COC(=O)CSc1ccc(Cl)cc1. The first-order valence-corrected chi connectivity index (χ1v) is 6.47. The van der Waals surface area contributed by atoms with Crippen LogP contribution in [-0.2, 0) is 14.3 Å². The minimum absolute atomic E-state index is 0.0471. The number of imide groups is 1. The Morgan fingerprint density at radius 3 is 2.47 bits per heavy atom. The Balaban J connectivity index is 2.26. The van der Waals surface area contributed by atoms with Crippen molar-refractivity contribution in [3.63, 3.8) is 0 Å². The molecule has 1 aromatic rings. The lowest BCUT2D eigenvalue weighted by Crippen LogP contribution is -2.37. The molecule has 6 nitrogen and oxygen atoms in total. The first kappa shape index (κ1) is 15.3. The lowest BCUT2D eigenvalue weighted by atomic mass is 10.4. The molecule has 0 radical (unpaired) electrons. The third-order valence-corrected chi connectivity index (χ3v) is 3.03. The third-order valence-electron chi connectivity index (χ3n) is 1.80. The number of benzene rings is 1. The lowest BCUT2D eigenvalue weighted by molar-refractivity contribution is -0.145. The van der Waals surface area contributed by atoms with E-state index in [0.29, 0.717) is 5.02 Å². The number of nitrogens with two attached hydrogens (primary N) is 1. The fraction of sp³-hybridized carbons (Fsp3) is 0.182. The smallest absolute Gasteiger partial charge is 0.318 e. The fourth-order valence-electron chi connectivity index (χ4n) is 1.03. The van der Waals surface area contributed by atoms with E-state index in [2.05, 4.69) is 4.74 Å². The van der Waals surface area contributed by atoms with Crippen LogP contribution in [0, 0.1) is 0 Å². The van der Waals surface area contributed by atoms with Gasteiger partial charge in [-0.15, -0.1) is 11.8 Å². The van der Waals surface area contributed by atoms with Gasteiger partial charge in [0, 0.05) is 9.92 Å². The minimum atomic E-state index is -0.989. The molecule has 0 unspecified atom stereocenters. The number of hydrogen-bond acceptors (Lipinski definition) is 5. The van der Waals surface area contributed by atoms with Gasteiger partial charge in [0.25, 0.3) is 5.91 Å². The Labute approximate surface area is 118 Å². The van der Waals surface area contributed by atoms with Crippen LogP contribution in [0.1, 0.15) is 0 Å². The standard InChI is InChI=1S/C11H11ClN2O4S/c12-7-1-3-8(4-2-7)19-6-10(16)18-5-9(15)14-11(13)17/h1-4H,5-6H2,(H3,13,14,15,17). The first-order chi connectivity index (χ1) is 8.97. The molecule has 102 valence electrons. The van der Waals surface area contributed by atoms with Gasteiger partial charge in [-0.1, -0.05) is 11.6 Å². The van der Waals surface area contributed by atoms with Crippen molar-refractivity contribution in [2.45, 2.75) is 4.90 Å². The number of urea groups is 1. The summed E-state index contributed by atoms with van der Waals surface area (Å²) in [5.41, 5.74) is 4.72. The Bertz CT molecular complexity index is 478. The van der Waals surface area contributed by atoms with Crippen molar-refractivity contribution >= 4 is 41.3 Å². The highest BCUT2D eigenvalue weighted by molar-refractivity contribution is 8.00. The van der Waals surface area contributed by atoms with Gasteiger partial charge in [0.15, 0.2) is 6.61 Å². The van der Waals surface area contributed by atoms with Crippen molar-refractivity contribution in [1.29, 1.82) is 0 Å². The Hall–Kier alpha value is -1.73. The van der Waals surface area contributed by atoms with Crippen LogP contribution >= 0.6 is 23.4 Å². The van der Waals surface area contributed by atoms with Gasteiger partial charge in [-0.05, 0) is 24.3 Å². The number of halogens is 1. The van der Waals surface area contributed by atoms with Crippen molar-refractivity contribution in [3.8, 4) is 0 Å². The van der Waals surface area contributed by atoms with Crippen LogP contribution in [0.2, 0.25) is 5.02 Å². The molecule has 3 amide bonds. The summed E-state index contributed by atoms with van der Waals surface area (Å²) < 4.78 is 4.64. The summed E-state index contributed by atoms with van der Waals surface area (Å²) in [5, 5.41) is 2.39. The number of carbonyl (C=O) groups excluding carboxylic acids is 3. The predicted molar refractivity (Wildman–Crippen MR) is 70.9 cm³/mol. The summed E-state index contributed by atoms with van der Waals surface area (Å²) in [6.07, 6.45) is 0. The van der Waals surface area contributed by atoms with Gasteiger partial charge < -0.3 is 10.5 Å². The van der Waals surface area contributed by atoms with Gasteiger partial charge in [0.2, 0.25) is 0 Å². The van der Waals surface area contributed by atoms with E-state index in [1.165, 1.54) is 11.8 Å². The second-order valence-corrected chi connectivity index (χ2v) is 4.80. The van der Waals surface area contributed by atoms with Crippen LogP contribution in [0.4, 0.5) is 4.79 Å². The average molecular weight is 303 g/mol. The predicted octanol–water partition coefficient (Wildman–Crippen LogP) is 1.17. The molecule has 19 heavy (non-hydrogen) atoms. The summed E-state index contributed by atoms with van der Waals surface area (Å²) in [7, 11) is 0. The molecular formula is C11H11ClN2O4S. The lowest BCUT2D eigenvalue weighted by Gasteiger charge is -2.04. The second kappa shape index (κ2) is 7.65. The molecule has 0 aromatic heterocycles. The van der Waals surface area contributed by atoms with Gasteiger partial charge in [-0.3, -0.25) is 14.9 Å². The van der Waals surface area contributed by atoms with E-state index in [4.69, 9.17) is 17.3 Å².